The summed E-state index contributed by atoms with van der Waals surface area (Å²) >= 11 is 0. The smallest absolute Gasteiger partial charge is 0.311 e. The van der Waals surface area contributed by atoms with E-state index in [1.54, 1.807) is 0 Å². The molecule has 1 aliphatic rings. The molecule has 0 spiro atoms. The molecule has 2 heterocycles. The molecule has 116 valence electrons. The minimum Gasteiger partial charge on any atom is -0.481 e. The first-order valence-electron chi connectivity index (χ1n) is 6.77. The summed E-state index contributed by atoms with van der Waals surface area (Å²) in [6.45, 7) is 1.68. The molecule has 0 aromatic carbocycles. The highest BCUT2D eigenvalue weighted by atomic mass is 16.5. The predicted molar refractivity (Wildman–Crippen MR) is 71.5 cm³/mol. The quantitative estimate of drug-likeness (QED) is 0.603. The molecular weight excluding hydrogens is 278 g/mol. The summed E-state index contributed by atoms with van der Waals surface area (Å²) < 4.78 is 6.65. The van der Waals surface area contributed by atoms with Gasteiger partial charge in [-0.1, -0.05) is 5.21 Å². The van der Waals surface area contributed by atoms with Crippen molar-refractivity contribution in [3.8, 4) is 0 Å². The summed E-state index contributed by atoms with van der Waals surface area (Å²) in [5.41, 5.74) is 4.56. The molecule has 2 rings (SSSR count). The van der Waals surface area contributed by atoms with Gasteiger partial charge in [0.15, 0.2) is 5.69 Å². The van der Waals surface area contributed by atoms with Crippen molar-refractivity contribution in [3.05, 3.63) is 11.9 Å². The van der Waals surface area contributed by atoms with Crippen LogP contribution in [-0.2, 0) is 16.1 Å². The molecule has 1 amide bonds. The summed E-state index contributed by atoms with van der Waals surface area (Å²) in [6, 6.07) is 0. The first kappa shape index (κ1) is 15.4. The van der Waals surface area contributed by atoms with E-state index in [1.807, 2.05) is 0 Å². The van der Waals surface area contributed by atoms with Gasteiger partial charge in [0, 0.05) is 26.3 Å². The zero-order chi connectivity index (χ0) is 15.3. The number of nitrogens with one attached hydrogen (secondary N) is 1. The minimum atomic E-state index is -0.971. The Morgan fingerprint density at radius 1 is 1.48 bits per heavy atom. The van der Waals surface area contributed by atoms with Gasteiger partial charge in [-0.25, -0.2) is 0 Å². The molecule has 0 atom stereocenters. The van der Waals surface area contributed by atoms with Crippen molar-refractivity contribution < 1.29 is 19.4 Å². The van der Waals surface area contributed by atoms with E-state index in [2.05, 4.69) is 15.6 Å². The molecule has 1 aromatic heterocycles. The lowest BCUT2D eigenvalue weighted by Crippen LogP contribution is -2.46. The lowest BCUT2D eigenvalue weighted by atomic mass is 9.80. The fourth-order valence-electron chi connectivity index (χ4n) is 2.21. The highest BCUT2D eigenvalue weighted by molar-refractivity contribution is 5.92. The summed E-state index contributed by atoms with van der Waals surface area (Å²) in [6.07, 6.45) is 2.24. The number of carboxylic acid groups (broad SMARTS) is 1. The van der Waals surface area contributed by atoms with Gasteiger partial charge in [0.05, 0.1) is 18.2 Å². The molecule has 0 bridgehead atoms. The number of hydrogen-bond acceptors (Lipinski definition) is 6. The molecular formula is C12H19N5O4. The fourth-order valence-corrected chi connectivity index (χ4v) is 2.21. The van der Waals surface area contributed by atoms with Crippen LogP contribution in [0.3, 0.4) is 0 Å². The molecule has 0 aliphatic carbocycles. The molecule has 1 aromatic rings. The van der Waals surface area contributed by atoms with Crippen LogP contribution in [0.5, 0.6) is 0 Å². The molecule has 1 saturated heterocycles. The van der Waals surface area contributed by atoms with Crippen LogP contribution in [0.2, 0.25) is 0 Å². The van der Waals surface area contributed by atoms with Gasteiger partial charge in [-0.3, -0.25) is 14.3 Å². The number of ether oxygens (including phenoxy) is 1. The maximum absolute atomic E-state index is 12.0. The number of rotatable bonds is 6. The number of aromatic nitrogens is 3. The number of nitrogens with two attached hydrogens (primary N) is 1. The monoisotopic (exact) mass is 297 g/mol. The van der Waals surface area contributed by atoms with Crippen molar-refractivity contribution in [2.45, 2.75) is 19.4 Å². The number of amides is 1. The van der Waals surface area contributed by atoms with Gasteiger partial charge in [-0.2, -0.15) is 0 Å². The fraction of sp³-hybridized carbons (Fsp3) is 0.667. The largest absolute Gasteiger partial charge is 0.481 e. The lowest BCUT2D eigenvalue weighted by molar-refractivity contribution is -0.154. The standard InChI is InChI=1S/C12H19N5O4/c13-3-4-17-7-9(15-16-17)10(18)14-8-12(11(19)20)1-5-21-6-2-12/h7H,1-6,8,13H2,(H,14,18)(H,19,20). The van der Waals surface area contributed by atoms with Crippen molar-refractivity contribution in [2.75, 3.05) is 26.3 Å². The minimum absolute atomic E-state index is 0.0499. The topological polar surface area (TPSA) is 132 Å². The molecule has 0 unspecified atom stereocenters. The van der Waals surface area contributed by atoms with E-state index in [0.717, 1.165) is 0 Å². The maximum Gasteiger partial charge on any atom is 0.311 e. The van der Waals surface area contributed by atoms with Gasteiger partial charge in [0.2, 0.25) is 0 Å². The van der Waals surface area contributed by atoms with E-state index in [4.69, 9.17) is 10.5 Å². The molecule has 4 N–H and O–H groups in total. The van der Waals surface area contributed by atoms with Crippen LogP contribution < -0.4 is 11.1 Å². The molecule has 0 saturated carbocycles. The van der Waals surface area contributed by atoms with E-state index in [9.17, 15) is 14.7 Å². The normalized spacial score (nSPS) is 17.4. The number of nitrogens with zero attached hydrogens (tertiary/aromatic N) is 3. The Hall–Kier alpha value is -2.00. The van der Waals surface area contributed by atoms with Crippen LogP contribution >= 0.6 is 0 Å². The van der Waals surface area contributed by atoms with Crippen LogP contribution in [0.15, 0.2) is 6.20 Å². The molecule has 9 heteroatoms. The Morgan fingerprint density at radius 2 is 2.19 bits per heavy atom. The van der Waals surface area contributed by atoms with E-state index in [-0.39, 0.29) is 12.2 Å². The first-order chi connectivity index (χ1) is 10.1. The van der Waals surface area contributed by atoms with Crippen LogP contribution in [0, 0.1) is 5.41 Å². The Bertz CT molecular complexity index is 510. The lowest BCUT2D eigenvalue weighted by Gasteiger charge is -2.32. The number of hydrogen-bond donors (Lipinski definition) is 3. The van der Waals surface area contributed by atoms with Gasteiger partial charge in [0.1, 0.15) is 0 Å². The second-order valence-corrected chi connectivity index (χ2v) is 5.04. The highest BCUT2D eigenvalue weighted by Gasteiger charge is 2.40. The molecule has 1 aliphatic heterocycles. The van der Waals surface area contributed by atoms with Crippen LogP contribution in [0.4, 0.5) is 0 Å². The Kier molecular flexibility index (Phi) is 4.86. The Balaban J connectivity index is 1.96. The van der Waals surface area contributed by atoms with Crippen molar-refractivity contribution in [2.24, 2.45) is 11.1 Å². The molecule has 21 heavy (non-hydrogen) atoms. The van der Waals surface area contributed by atoms with Gasteiger partial charge in [-0.15, -0.1) is 5.10 Å². The van der Waals surface area contributed by atoms with E-state index >= 15 is 0 Å². The number of carbonyl (C=O) groups excluding carboxylic acids is 1. The van der Waals surface area contributed by atoms with Crippen LogP contribution in [0.25, 0.3) is 0 Å². The second kappa shape index (κ2) is 6.64. The third-order valence-corrected chi connectivity index (χ3v) is 3.62. The average Bonchev–Trinajstić information content (AvgIpc) is 2.95. The molecule has 9 nitrogen and oxygen atoms in total. The first-order valence-corrected chi connectivity index (χ1v) is 6.77. The number of carbonyl (C=O) groups is 2. The predicted octanol–water partition coefficient (Wildman–Crippen LogP) is -1.15. The maximum atomic E-state index is 12.0. The number of carboxylic acids is 1. The van der Waals surface area contributed by atoms with Crippen LogP contribution in [-0.4, -0.2) is 58.3 Å². The zero-order valence-corrected chi connectivity index (χ0v) is 11.6. The van der Waals surface area contributed by atoms with E-state index in [1.165, 1.54) is 10.9 Å². The summed E-state index contributed by atoms with van der Waals surface area (Å²) in [7, 11) is 0. The molecule has 0 radical (unpaired) electrons. The van der Waals surface area contributed by atoms with Crippen molar-refractivity contribution >= 4 is 11.9 Å². The number of aliphatic carboxylic acids is 1. The van der Waals surface area contributed by atoms with Crippen molar-refractivity contribution in [1.82, 2.24) is 20.3 Å². The molecule has 1 fully saturated rings. The SMILES string of the molecule is NCCn1cc(C(=O)NCC2(C(=O)O)CCOCC2)nn1. The Morgan fingerprint density at radius 3 is 2.81 bits per heavy atom. The summed E-state index contributed by atoms with van der Waals surface area (Å²) in [4.78, 5) is 23.4. The second-order valence-electron chi connectivity index (χ2n) is 5.04. The van der Waals surface area contributed by atoms with Gasteiger partial charge in [-0.05, 0) is 12.8 Å². The highest BCUT2D eigenvalue weighted by Crippen LogP contribution is 2.30. The average molecular weight is 297 g/mol. The Labute approximate surface area is 121 Å². The van der Waals surface area contributed by atoms with E-state index < -0.39 is 17.3 Å². The van der Waals surface area contributed by atoms with Gasteiger partial charge < -0.3 is 20.9 Å². The van der Waals surface area contributed by atoms with Crippen LogP contribution in [0.1, 0.15) is 23.3 Å². The van der Waals surface area contributed by atoms with Gasteiger partial charge in [0.25, 0.3) is 5.91 Å². The van der Waals surface area contributed by atoms with Crippen molar-refractivity contribution in [1.29, 1.82) is 0 Å². The van der Waals surface area contributed by atoms with Gasteiger partial charge >= 0.3 is 5.97 Å². The third kappa shape index (κ3) is 3.56. The summed E-state index contributed by atoms with van der Waals surface area (Å²) in [5.74, 6) is -1.36. The summed E-state index contributed by atoms with van der Waals surface area (Å²) in [5, 5.41) is 19.5. The van der Waals surface area contributed by atoms with Crippen molar-refractivity contribution in [3.63, 3.8) is 0 Å². The zero-order valence-electron chi connectivity index (χ0n) is 11.6. The third-order valence-electron chi connectivity index (χ3n) is 3.62. The van der Waals surface area contributed by atoms with E-state index in [0.29, 0.717) is 39.1 Å².